The average Bonchev–Trinajstić information content (AvgIpc) is 3.05. The number of benzene rings is 2. The zero-order chi connectivity index (χ0) is 25.6. The summed E-state index contributed by atoms with van der Waals surface area (Å²) in [5, 5.41) is 2.22. The van der Waals surface area contributed by atoms with E-state index in [1.54, 1.807) is 39.0 Å². The topological polar surface area (TPSA) is 49.4 Å². The fourth-order valence-corrected chi connectivity index (χ4v) is 4.72. The normalized spacial score (nSPS) is 19.1. The van der Waals surface area contributed by atoms with Gasteiger partial charge in [-0.15, -0.1) is 0 Å². The smallest absolute Gasteiger partial charge is 0.326 e. The number of halogens is 7. The third-order valence-electron chi connectivity index (χ3n) is 6.07. The highest BCUT2D eigenvalue weighted by Crippen LogP contribution is 2.45. The molecular weight excluding hydrogens is 530 g/mol. The molecular formula is C23H21BrF6N2O2. The maximum Gasteiger partial charge on any atom is 0.416 e. The number of nitrogens with one attached hydrogen (secondary N) is 1. The van der Waals surface area contributed by atoms with Crippen LogP contribution in [0.4, 0.5) is 37.7 Å². The SMILES string of the molecule is Cc1cccc(Br)c1N1CC(C(=O)Nc2cc(C(F)(F)F)cc(C(F)(F)F)c2)(C(C)C)CC1=O. The summed E-state index contributed by atoms with van der Waals surface area (Å²) >= 11 is 3.40. The monoisotopic (exact) mass is 550 g/mol. The number of alkyl halides is 6. The number of hydrogen-bond acceptors (Lipinski definition) is 2. The Labute approximate surface area is 200 Å². The van der Waals surface area contributed by atoms with Gasteiger partial charge in [0.2, 0.25) is 11.8 Å². The minimum atomic E-state index is -5.05. The van der Waals surface area contributed by atoms with E-state index < -0.39 is 46.4 Å². The van der Waals surface area contributed by atoms with E-state index in [1.165, 1.54) is 4.90 Å². The van der Waals surface area contributed by atoms with Gasteiger partial charge in [0.1, 0.15) is 0 Å². The molecule has 0 radical (unpaired) electrons. The molecule has 1 atom stereocenters. The molecule has 3 rings (SSSR count). The second-order valence-electron chi connectivity index (χ2n) is 8.62. The van der Waals surface area contributed by atoms with Crippen LogP contribution in [0.15, 0.2) is 40.9 Å². The van der Waals surface area contributed by atoms with Crippen LogP contribution in [0.1, 0.15) is 37.0 Å². The van der Waals surface area contributed by atoms with Gasteiger partial charge in [0, 0.05) is 23.1 Å². The van der Waals surface area contributed by atoms with Gasteiger partial charge in [-0.3, -0.25) is 9.59 Å². The van der Waals surface area contributed by atoms with Crippen molar-refractivity contribution in [3.8, 4) is 0 Å². The molecule has 1 unspecified atom stereocenters. The maximum atomic E-state index is 13.3. The Bertz CT molecular complexity index is 1080. The van der Waals surface area contributed by atoms with Crippen molar-refractivity contribution in [2.75, 3.05) is 16.8 Å². The molecule has 1 saturated heterocycles. The highest BCUT2D eigenvalue weighted by molar-refractivity contribution is 9.10. The third kappa shape index (κ3) is 4.94. The number of aryl methyl sites for hydroxylation is 1. The molecule has 0 bridgehead atoms. The zero-order valence-electron chi connectivity index (χ0n) is 18.4. The molecule has 0 aliphatic carbocycles. The number of carbonyl (C=O) groups is 2. The molecule has 2 amide bonds. The molecule has 1 aliphatic heterocycles. The molecule has 0 saturated carbocycles. The lowest BCUT2D eigenvalue weighted by atomic mass is 9.75. The molecule has 4 nitrogen and oxygen atoms in total. The first-order valence-electron chi connectivity index (χ1n) is 10.2. The molecule has 2 aromatic carbocycles. The summed E-state index contributed by atoms with van der Waals surface area (Å²) in [5.74, 6) is -1.65. The van der Waals surface area contributed by atoms with Gasteiger partial charge in [0.15, 0.2) is 0 Å². The van der Waals surface area contributed by atoms with E-state index in [9.17, 15) is 35.9 Å². The van der Waals surface area contributed by atoms with Crippen molar-refractivity contribution in [3.05, 3.63) is 57.6 Å². The first kappa shape index (κ1) is 26.1. The molecule has 184 valence electrons. The van der Waals surface area contributed by atoms with Gasteiger partial charge in [0.05, 0.1) is 22.2 Å². The predicted molar refractivity (Wildman–Crippen MR) is 118 cm³/mol. The first-order chi connectivity index (χ1) is 15.6. The molecule has 11 heteroatoms. The largest absolute Gasteiger partial charge is 0.416 e. The lowest BCUT2D eigenvalue weighted by Crippen LogP contribution is -2.43. The fourth-order valence-electron chi connectivity index (χ4n) is 4.04. The Morgan fingerprint density at radius 2 is 1.62 bits per heavy atom. The molecule has 1 N–H and O–H groups in total. The van der Waals surface area contributed by atoms with Crippen molar-refractivity contribution in [1.82, 2.24) is 0 Å². The molecule has 2 aromatic rings. The fraction of sp³-hybridized carbons (Fsp3) is 0.391. The molecule has 0 spiro atoms. The minimum absolute atomic E-state index is 0.00952. The number of nitrogens with zero attached hydrogens (tertiary/aromatic N) is 1. The van der Waals surface area contributed by atoms with Crippen LogP contribution in [0.25, 0.3) is 0 Å². The van der Waals surface area contributed by atoms with Crippen LogP contribution in [0, 0.1) is 18.3 Å². The highest BCUT2D eigenvalue weighted by atomic mass is 79.9. The molecule has 0 aromatic heterocycles. The Morgan fingerprint density at radius 3 is 2.09 bits per heavy atom. The third-order valence-corrected chi connectivity index (χ3v) is 6.71. The Kier molecular flexibility index (Phi) is 6.82. The summed E-state index contributed by atoms with van der Waals surface area (Å²) in [4.78, 5) is 27.7. The molecule has 1 heterocycles. The van der Waals surface area contributed by atoms with Gasteiger partial charge in [-0.25, -0.2) is 0 Å². The van der Waals surface area contributed by atoms with Gasteiger partial charge in [-0.2, -0.15) is 26.3 Å². The number of para-hydroxylation sites is 1. The minimum Gasteiger partial charge on any atom is -0.326 e. The van der Waals surface area contributed by atoms with E-state index in [2.05, 4.69) is 21.2 Å². The number of hydrogen-bond donors (Lipinski definition) is 1. The number of amides is 2. The van der Waals surface area contributed by atoms with Gasteiger partial charge in [-0.1, -0.05) is 26.0 Å². The standard InChI is InChI=1S/C23H21BrF6N2O2/c1-12(2)21(10-18(33)32(11-21)19-13(3)5-4-6-17(19)24)20(34)31-16-8-14(22(25,26)27)7-15(9-16)23(28,29)30/h4-9,12H,10-11H2,1-3H3,(H,31,34). The quantitative estimate of drug-likeness (QED) is 0.425. The predicted octanol–water partition coefficient (Wildman–Crippen LogP) is 6.81. The first-order valence-corrected chi connectivity index (χ1v) is 11.0. The van der Waals surface area contributed by atoms with Crippen molar-refractivity contribution in [3.63, 3.8) is 0 Å². The van der Waals surface area contributed by atoms with E-state index in [0.717, 1.165) is 5.56 Å². The number of rotatable bonds is 4. The summed E-state index contributed by atoms with van der Waals surface area (Å²) in [6.45, 7) is 5.06. The molecule has 34 heavy (non-hydrogen) atoms. The van der Waals surface area contributed by atoms with Crippen molar-refractivity contribution in [2.24, 2.45) is 11.3 Å². The van der Waals surface area contributed by atoms with E-state index in [0.29, 0.717) is 22.3 Å². The second-order valence-corrected chi connectivity index (χ2v) is 9.48. The highest BCUT2D eigenvalue weighted by Gasteiger charge is 2.52. The maximum absolute atomic E-state index is 13.3. The summed E-state index contributed by atoms with van der Waals surface area (Å²) in [5.41, 5.74) is -3.77. The Hall–Kier alpha value is -2.56. The van der Waals surface area contributed by atoms with Crippen LogP contribution in [0.5, 0.6) is 0 Å². The van der Waals surface area contributed by atoms with E-state index >= 15 is 0 Å². The number of carbonyl (C=O) groups excluding carboxylic acids is 2. The van der Waals surface area contributed by atoms with Gasteiger partial charge in [-0.05, 0) is 58.6 Å². The van der Waals surface area contributed by atoms with E-state index in [-0.39, 0.29) is 24.9 Å². The van der Waals surface area contributed by atoms with Crippen molar-refractivity contribution >= 4 is 39.1 Å². The summed E-state index contributed by atoms with van der Waals surface area (Å²) in [7, 11) is 0. The van der Waals surface area contributed by atoms with Gasteiger partial charge >= 0.3 is 12.4 Å². The molecule has 1 aliphatic rings. The van der Waals surface area contributed by atoms with Crippen LogP contribution in [0.3, 0.4) is 0 Å². The van der Waals surface area contributed by atoms with Crippen molar-refractivity contribution in [2.45, 2.75) is 39.5 Å². The number of anilines is 2. The zero-order valence-corrected chi connectivity index (χ0v) is 20.0. The average molecular weight is 551 g/mol. The van der Waals surface area contributed by atoms with Gasteiger partial charge in [0.25, 0.3) is 0 Å². The molecule has 1 fully saturated rings. The van der Waals surface area contributed by atoms with Crippen LogP contribution in [0.2, 0.25) is 0 Å². The lowest BCUT2D eigenvalue weighted by molar-refractivity contribution is -0.143. The van der Waals surface area contributed by atoms with Crippen molar-refractivity contribution in [1.29, 1.82) is 0 Å². The Balaban J connectivity index is 2.00. The van der Waals surface area contributed by atoms with Crippen LogP contribution < -0.4 is 10.2 Å². The van der Waals surface area contributed by atoms with E-state index in [4.69, 9.17) is 0 Å². The summed E-state index contributed by atoms with van der Waals surface area (Å²) < 4.78 is 79.9. The van der Waals surface area contributed by atoms with E-state index in [1.807, 2.05) is 0 Å². The summed E-state index contributed by atoms with van der Waals surface area (Å²) in [6, 6.07) is 6.18. The lowest BCUT2D eigenvalue weighted by Gasteiger charge is -2.32. The van der Waals surface area contributed by atoms with Crippen LogP contribution in [-0.4, -0.2) is 18.4 Å². The van der Waals surface area contributed by atoms with Crippen LogP contribution in [-0.2, 0) is 21.9 Å². The van der Waals surface area contributed by atoms with Crippen LogP contribution >= 0.6 is 15.9 Å². The second kappa shape index (κ2) is 8.90. The van der Waals surface area contributed by atoms with Gasteiger partial charge < -0.3 is 10.2 Å². The summed E-state index contributed by atoms with van der Waals surface area (Å²) in [6.07, 6.45) is -10.3. The van der Waals surface area contributed by atoms with Crippen molar-refractivity contribution < 1.29 is 35.9 Å². The Morgan fingerprint density at radius 1 is 1.06 bits per heavy atom.